The summed E-state index contributed by atoms with van der Waals surface area (Å²) in [4.78, 5) is 28.3. The van der Waals surface area contributed by atoms with E-state index in [2.05, 4.69) is 0 Å². The Hall–Kier alpha value is -2.95. The number of hydrogen-bond donors (Lipinski definition) is 0. The van der Waals surface area contributed by atoms with Crippen LogP contribution < -0.4 is 4.90 Å². The standard InChI is InChI=1S/C25H20ClNO3/c26-19-10-12-20(13-11-19)27-23(28)22(25(24(27)29)14-3-4-15-30-25)16-18-8-5-7-17-6-1-2-9-21(17)18/h1-2,5-13,16H,3-4,14-15H2. The number of ether oxygens (including phenoxy) is 1. The summed E-state index contributed by atoms with van der Waals surface area (Å²) in [6.07, 6.45) is 4.05. The quantitative estimate of drug-likeness (QED) is 0.415. The third-order valence-electron chi connectivity index (χ3n) is 5.90. The molecule has 0 saturated carbocycles. The van der Waals surface area contributed by atoms with Crippen LogP contribution in [0.1, 0.15) is 24.8 Å². The maximum Gasteiger partial charge on any atom is 0.271 e. The predicted octanol–water partition coefficient (Wildman–Crippen LogP) is 5.39. The van der Waals surface area contributed by atoms with Crippen molar-refractivity contribution in [2.45, 2.75) is 24.9 Å². The molecule has 30 heavy (non-hydrogen) atoms. The number of carbonyl (C=O) groups is 2. The zero-order valence-corrected chi connectivity index (χ0v) is 17.1. The molecule has 5 heteroatoms. The second-order valence-electron chi connectivity index (χ2n) is 7.68. The number of rotatable bonds is 2. The molecule has 4 nitrogen and oxygen atoms in total. The lowest BCUT2D eigenvalue weighted by Crippen LogP contribution is -2.45. The number of imide groups is 1. The molecule has 0 aromatic heterocycles. The number of fused-ring (bicyclic) bond motifs is 1. The average molecular weight is 418 g/mol. The number of benzene rings is 3. The molecular formula is C25H20ClNO3. The summed E-state index contributed by atoms with van der Waals surface area (Å²) in [7, 11) is 0. The van der Waals surface area contributed by atoms with Crippen molar-refractivity contribution in [1.29, 1.82) is 0 Å². The Balaban J connectivity index is 1.68. The number of hydrogen-bond acceptors (Lipinski definition) is 3. The van der Waals surface area contributed by atoms with Crippen molar-refractivity contribution in [3.63, 3.8) is 0 Å². The number of nitrogens with zero attached hydrogens (tertiary/aromatic N) is 1. The zero-order valence-electron chi connectivity index (χ0n) is 16.3. The average Bonchev–Trinajstić information content (AvgIpc) is 2.96. The molecule has 0 aliphatic carbocycles. The molecule has 0 bridgehead atoms. The van der Waals surface area contributed by atoms with Crippen molar-refractivity contribution in [2.75, 3.05) is 11.5 Å². The normalized spacial score (nSPS) is 23.1. The van der Waals surface area contributed by atoms with Crippen LogP contribution >= 0.6 is 11.6 Å². The van der Waals surface area contributed by atoms with E-state index < -0.39 is 5.60 Å². The van der Waals surface area contributed by atoms with E-state index in [1.54, 1.807) is 24.3 Å². The van der Waals surface area contributed by atoms with E-state index in [1.165, 1.54) is 4.90 Å². The highest BCUT2D eigenvalue weighted by Gasteiger charge is 2.57. The molecule has 2 amide bonds. The molecule has 2 aliphatic rings. The van der Waals surface area contributed by atoms with Crippen molar-refractivity contribution in [3.8, 4) is 0 Å². The second-order valence-corrected chi connectivity index (χ2v) is 8.12. The van der Waals surface area contributed by atoms with Crippen LogP contribution in [-0.4, -0.2) is 24.0 Å². The van der Waals surface area contributed by atoms with Crippen LogP contribution in [0.25, 0.3) is 16.8 Å². The molecule has 2 heterocycles. The molecule has 2 aliphatic heterocycles. The van der Waals surface area contributed by atoms with Gasteiger partial charge in [-0.15, -0.1) is 0 Å². The van der Waals surface area contributed by atoms with Crippen LogP contribution in [0.3, 0.4) is 0 Å². The first-order valence-corrected chi connectivity index (χ1v) is 10.5. The van der Waals surface area contributed by atoms with Crippen molar-refractivity contribution in [3.05, 3.63) is 82.9 Å². The molecule has 1 spiro atoms. The van der Waals surface area contributed by atoms with Crippen LogP contribution in [0.15, 0.2) is 72.3 Å². The van der Waals surface area contributed by atoms with Crippen molar-refractivity contribution in [2.24, 2.45) is 0 Å². The smallest absolute Gasteiger partial charge is 0.271 e. The largest absolute Gasteiger partial charge is 0.360 e. The van der Waals surface area contributed by atoms with E-state index in [0.29, 0.717) is 29.3 Å². The summed E-state index contributed by atoms with van der Waals surface area (Å²) < 4.78 is 6.08. The van der Waals surface area contributed by atoms with Gasteiger partial charge in [0, 0.05) is 11.6 Å². The van der Waals surface area contributed by atoms with Gasteiger partial charge in [-0.2, -0.15) is 0 Å². The van der Waals surface area contributed by atoms with Crippen LogP contribution in [0.2, 0.25) is 5.02 Å². The molecule has 2 fully saturated rings. The number of anilines is 1. The molecular weight excluding hydrogens is 398 g/mol. The Labute approximate surface area is 179 Å². The summed E-state index contributed by atoms with van der Waals surface area (Å²) in [6.45, 7) is 0.459. The van der Waals surface area contributed by atoms with Crippen LogP contribution in [0.4, 0.5) is 5.69 Å². The highest BCUT2D eigenvalue weighted by Crippen LogP contribution is 2.43. The fourth-order valence-corrected chi connectivity index (χ4v) is 4.52. The van der Waals surface area contributed by atoms with E-state index in [-0.39, 0.29) is 11.8 Å². The lowest BCUT2D eigenvalue weighted by atomic mass is 9.86. The monoisotopic (exact) mass is 417 g/mol. The van der Waals surface area contributed by atoms with Gasteiger partial charge in [0.05, 0.1) is 11.3 Å². The first-order valence-electron chi connectivity index (χ1n) is 10.1. The van der Waals surface area contributed by atoms with E-state index >= 15 is 0 Å². The Morgan fingerprint density at radius 3 is 2.47 bits per heavy atom. The van der Waals surface area contributed by atoms with Gasteiger partial charge in [0.2, 0.25) is 0 Å². The van der Waals surface area contributed by atoms with Crippen LogP contribution in [-0.2, 0) is 14.3 Å². The molecule has 2 saturated heterocycles. The van der Waals surface area contributed by atoms with Crippen molar-refractivity contribution in [1.82, 2.24) is 0 Å². The van der Waals surface area contributed by atoms with Gasteiger partial charge in [-0.3, -0.25) is 9.59 Å². The van der Waals surface area contributed by atoms with E-state index in [9.17, 15) is 9.59 Å². The van der Waals surface area contributed by atoms with Gasteiger partial charge >= 0.3 is 0 Å². The van der Waals surface area contributed by atoms with E-state index in [4.69, 9.17) is 16.3 Å². The number of carbonyl (C=O) groups excluding carboxylic acids is 2. The number of halogens is 1. The topological polar surface area (TPSA) is 46.6 Å². The van der Waals surface area contributed by atoms with Gasteiger partial charge in [-0.1, -0.05) is 54.1 Å². The first kappa shape index (κ1) is 19.0. The predicted molar refractivity (Wildman–Crippen MR) is 118 cm³/mol. The fourth-order valence-electron chi connectivity index (χ4n) is 4.39. The SMILES string of the molecule is O=C1C(=Cc2cccc3ccccc23)C2(CCCCO2)C(=O)N1c1ccc(Cl)cc1. The fraction of sp³-hybridized carbons (Fsp3) is 0.200. The Morgan fingerprint density at radius 1 is 0.933 bits per heavy atom. The lowest BCUT2D eigenvalue weighted by Gasteiger charge is -2.32. The van der Waals surface area contributed by atoms with Crippen LogP contribution in [0.5, 0.6) is 0 Å². The van der Waals surface area contributed by atoms with Gasteiger partial charge in [-0.05, 0) is 65.9 Å². The minimum atomic E-state index is -1.23. The third-order valence-corrected chi connectivity index (χ3v) is 6.15. The van der Waals surface area contributed by atoms with E-state index in [0.717, 1.165) is 29.2 Å². The molecule has 3 aromatic carbocycles. The number of amides is 2. The Kier molecular flexibility index (Phi) is 4.69. The van der Waals surface area contributed by atoms with Gasteiger partial charge in [0.1, 0.15) is 0 Å². The maximum atomic E-state index is 13.5. The highest BCUT2D eigenvalue weighted by atomic mass is 35.5. The summed E-state index contributed by atoms with van der Waals surface area (Å²) in [5, 5.41) is 2.66. The lowest BCUT2D eigenvalue weighted by molar-refractivity contribution is -0.140. The van der Waals surface area contributed by atoms with Gasteiger partial charge in [0.25, 0.3) is 11.8 Å². The molecule has 3 aromatic rings. The second kappa shape index (κ2) is 7.38. The van der Waals surface area contributed by atoms with Crippen molar-refractivity contribution < 1.29 is 14.3 Å². The maximum absolute atomic E-state index is 13.5. The molecule has 150 valence electrons. The van der Waals surface area contributed by atoms with Gasteiger partial charge in [-0.25, -0.2) is 4.90 Å². The highest BCUT2D eigenvalue weighted by molar-refractivity contribution is 6.34. The molecule has 5 rings (SSSR count). The minimum Gasteiger partial charge on any atom is -0.360 e. The summed E-state index contributed by atoms with van der Waals surface area (Å²) in [5.41, 5.74) is 0.574. The third kappa shape index (κ3) is 2.95. The molecule has 1 unspecified atom stereocenters. The minimum absolute atomic E-state index is 0.319. The van der Waals surface area contributed by atoms with Gasteiger partial charge in [0.15, 0.2) is 5.60 Å². The Morgan fingerprint density at radius 2 is 1.70 bits per heavy atom. The molecule has 0 N–H and O–H groups in total. The van der Waals surface area contributed by atoms with Crippen molar-refractivity contribution >= 4 is 46.0 Å². The summed E-state index contributed by atoms with van der Waals surface area (Å²) >= 11 is 6.00. The van der Waals surface area contributed by atoms with Gasteiger partial charge < -0.3 is 4.74 Å². The Bertz CT molecular complexity index is 1170. The molecule has 1 atom stereocenters. The first-order chi connectivity index (χ1) is 14.6. The molecule has 0 radical (unpaired) electrons. The van der Waals surface area contributed by atoms with Crippen LogP contribution in [0, 0.1) is 0 Å². The zero-order chi connectivity index (χ0) is 20.7. The summed E-state index contributed by atoms with van der Waals surface area (Å²) in [5.74, 6) is -0.654. The van der Waals surface area contributed by atoms with E-state index in [1.807, 2.05) is 48.5 Å². The summed E-state index contributed by atoms with van der Waals surface area (Å²) in [6, 6.07) is 20.7.